The van der Waals surface area contributed by atoms with E-state index in [-0.39, 0.29) is 23.9 Å². The SMILES string of the molecule is C=C1CC[C@H]2C(=C)CC[C@H]3/C(=C/c4ccc(Cl)cc4)C(=O)O[C@@H]3[C@@H]12. The molecule has 2 saturated carbocycles. The third-order valence-corrected chi connectivity index (χ3v) is 6.06. The molecule has 0 spiro atoms. The molecule has 1 aromatic rings. The summed E-state index contributed by atoms with van der Waals surface area (Å²) in [5.41, 5.74) is 4.29. The Bertz CT molecular complexity index is 744. The first-order valence-corrected chi connectivity index (χ1v) is 8.96. The van der Waals surface area contributed by atoms with Crippen molar-refractivity contribution in [2.45, 2.75) is 31.8 Å². The minimum Gasteiger partial charge on any atom is -0.458 e. The molecule has 1 aromatic carbocycles. The van der Waals surface area contributed by atoms with Crippen molar-refractivity contribution in [2.75, 3.05) is 0 Å². The second-order valence-corrected chi connectivity index (χ2v) is 7.59. The van der Waals surface area contributed by atoms with Crippen LogP contribution in [0.3, 0.4) is 0 Å². The molecule has 1 heterocycles. The summed E-state index contributed by atoms with van der Waals surface area (Å²) in [4.78, 5) is 12.5. The van der Waals surface area contributed by atoms with E-state index >= 15 is 0 Å². The minimum absolute atomic E-state index is 0.0738. The van der Waals surface area contributed by atoms with Crippen LogP contribution < -0.4 is 0 Å². The molecule has 2 aliphatic carbocycles. The second-order valence-electron chi connectivity index (χ2n) is 7.15. The number of fused-ring (bicyclic) bond motifs is 3. The molecule has 3 aliphatic rings. The van der Waals surface area contributed by atoms with Crippen molar-refractivity contribution >= 4 is 23.6 Å². The van der Waals surface area contributed by atoms with Crippen LogP contribution in [0.15, 0.2) is 54.1 Å². The van der Waals surface area contributed by atoms with E-state index in [4.69, 9.17) is 16.3 Å². The van der Waals surface area contributed by atoms with Crippen molar-refractivity contribution in [3.05, 3.63) is 64.7 Å². The molecule has 0 unspecified atom stereocenters. The zero-order chi connectivity index (χ0) is 16.8. The van der Waals surface area contributed by atoms with Crippen molar-refractivity contribution in [2.24, 2.45) is 17.8 Å². The summed E-state index contributed by atoms with van der Waals surface area (Å²) in [6.07, 6.45) is 5.89. The summed E-state index contributed by atoms with van der Waals surface area (Å²) in [5.74, 6) is 0.626. The standard InChI is InChI=1S/C21H21ClO2/c1-12-3-10-17-18(11-14-5-7-15(22)8-6-14)21(23)24-20(17)19-13(2)4-9-16(12)19/h5-8,11,16-17,19-20H,1-4,9-10H2/b18-11-/t16-,17-,19-,20-/m0/s1. The molecule has 4 rings (SSSR count). The monoisotopic (exact) mass is 340 g/mol. The molecule has 0 bridgehead atoms. The Kier molecular flexibility index (Phi) is 3.88. The predicted molar refractivity (Wildman–Crippen MR) is 96.5 cm³/mol. The van der Waals surface area contributed by atoms with Gasteiger partial charge in [-0.3, -0.25) is 0 Å². The fraction of sp³-hybridized carbons (Fsp3) is 0.381. The Labute approximate surface area is 147 Å². The quantitative estimate of drug-likeness (QED) is 0.399. The molecule has 3 fully saturated rings. The highest BCUT2D eigenvalue weighted by atomic mass is 35.5. The number of halogens is 1. The van der Waals surface area contributed by atoms with Crippen LogP contribution in [-0.4, -0.2) is 12.1 Å². The van der Waals surface area contributed by atoms with Gasteiger partial charge in [0.25, 0.3) is 0 Å². The summed E-state index contributed by atoms with van der Waals surface area (Å²) in [7, 11) is 0. The number of rotatable bonds is 1. The van der Waals surface area contributed by atoms with Crippen molar-refractivity contribution in [1.82, 2.24) is 0 Å². The first-order valence-electron chi connectivity index (χ1n) is 8.58. The lowest BCUT2D eigenvalue weighted by Crippen LogP contribution is -2.28. The maximum Gasteiger partial charge on any atom is 0.334 e. The van der Waals surface area contributed by atoms with Gasteiger partial charge >= 0.3 is 5.97 Å². The third-order valence-electron chi connectivity index (χ3n) is 5.80. The second kappa shape index (κ2) is 5.93. The Balaban J connectivity index is 1.71. The van der Waals surface area contributed by atoms with Crippen molar-refractivity contribution < 1.29 is 9.53 Å². The van der Waals surface area contributed by atoms with Crippen LogP contribution in [0.5, 0.6) is 0 Å². The van der Waals surface area contributed by atoms with Crippen molar-refractivity contribution in [1.29, 1.82) is 0 Å². The minimum atomic E-state index is -0.175. The summed E-state index contributed by atoms with van der Waals surface area (Å²) in [6, 6.07) is 7.55. The van der Waals surface area contributed by atoms with Gasteiger partial charge in [-0.05, 0) is 55.4 Å². The van der Waals surface area contributed by atoms with Crippen LogP contribution in [0.1, 0.15) is 31.2 Å². The van der Waals surface area contributed by atoms with Crippen LogP contribution in [0.25, 0.3) is 6.08 Å². The molecular weight excluding hydrogens is 320 g/mol. The normalized spacial score (nSPS) is 34.0. The highest BCUT2D eigenvalue weighted by molar-refractivity contribution is 6.30. The topological polar surface area (TPSA) is 26.3 Å². The number of ether oxygens (including phenoxy) is 1. The number of benzene rings is 1. The molecule has 0 amide bonds. The lowest BCUT2D eigenvalue weighted by atomic mass is 9.81. The smallest absolute Gasteiger partial charge is 0.334 e. The van der Waals surface area contributed by atoms with E-state index in [9.17, 15) is 4.79 Å². The van der Waals surface area contributed by atoms with Crippen molar-refractivity contribution in [3.8, 4) is 0 Å². The van der Waals surface area contributed by atoms with E-state index in [0.29, 0.717) is 10.9 Å². The molecular formula is C21H21ClO2. The van der Waals surface area contributed by atoms with Crippen molar-refractivity contribution in [3.63, 3.8) is 0 Å². The van der Waals surface area contributed by atoms with Gasteiger partial charge in [0.1, 0.15) is 6.10 Å². The van der Waals surface area contributed by atoms with Gasteiger partial charge in [0.15, 0.2) is 0 Å². The van der Waals surface area contributed by atoms with Crippen LogP contribution in [0.2, 0.25) is 5.02 Å². The van der Waals surface area contributed by atoms with Crippen LogP contribution in [0, 0.1) is 17.8 Å². The van der Waals surface area contributed by atoms with Crippen LogP contribution in [0.4, 0.5) is 0 Å². The van der Waals surface area contributed by atoms with Gasteiger partial charge < -0.3 is 4.74 Å². The largest absolute Gasteiger partial charge is 0.458 e. The molecule has 124 valence electrons. The molecule has 24 heavy (non-hydrogen) atoms. The van der Waals surface area contributed by atoms with Crippen LogP contribution in [-0.2, 0) is 9.53 Å². The maximum atomic E-state index is 12.5. The van der Waals surface area contributed by atoms with Gasteiger partial charge in [0.05, 0.1) is 0 Å². The number of carbonyl (C=O) groups excluding carboxylic acids is 1. The van der Waals surface area contributed by atoms with Gasteiger partial charge in [0.2, 0.25) is 0 Å². The zero-order valence-electron chi connectivity index (χ0n) is 13.6. The fourth-order valence-corrected chi connectivity index (χ4v) is 4.69. The number of hydrogen-bond acceptors (Lipinski definition) is 2. The molecule has 0 N–H and O–H groups in total. The van der Waals surface area contributed by atoms with Gasteiger partial charge in [-0.2, -0.15) is 0 Å². The average Bonchev–Trinajstić information content (AvgIpc) is 3.04. The molecule has 0 radical (unpaired) electrons. The van der Waals surface area contributed by atoms with Gasteiger partial charge in [-0.1, -0.05) is 48.0 Å². The Morgan fingerprint density at radius 2 is 1.71 bits per heavy atom. The Morgan fingerprint density at radius 3 is 2.46 bits per heavy atom. The van der Waals surface area contributed by atoms with Crippen LogP contribution >= 0.6 is 11.6 Å². The number of carbonyl (C=O) groups is 1. The van der Waals surface area contributed by atoms with E-state index in [2.05, 4.69) is 13.2 Å². The lowest BCUT2D eigenvalue weighted by Gasteiger charge is -2.26. The first-order chi connectivity index (χ1) is 11.5. The summed E-state index contributed by atoms with van der Waals surface area (Å²) >= 11 is 5.95. The lowest BCUT2D eigenvalue weighted by molar-refractivity contribution is -0.140. The summed E-state index contributed by atoms with van der Waals surface area (Å²) in [5, 5.41) is 0.694. The number of allylic oxidation sites excluding steroid dienone is 1. The molecule has 4 atom stereocenters. The summed E-state index contributed by atoms with van der Waals surface area (Å²) < 4.78 is 5.85. The average molecular weight is 341 g/mol. The Morgan fingerprint density at radius 1 is 1.04 bits per heavy atom. The molecule has 2 nitrogen and oxygen atoms in total. The zero-order valence-corrected chi connectivity index (χ0v) is 14.4. The van der Waals surface area contributed by atoms with E-state index < -0.39 is 0 Å². The van der Waals surface area contributed by atoms with E-state index in [1.165, 1.54) is 11.1 Å². The third kappa shape index (κ3) is 2.53. The highest BCUT2D eigenvalue weighted by Crippen LogP contribution is 2.52. The van der Waals surface area contributed by atoms with Gasteiger partial charge in [-0.25, -0.2) is 4.79 Å². The number of esters is 1. The van der Waals surface area contributed by atoms with Gasteiger partial charge in [-0.15, -0.1) is 0 Å². The van der Waals surface area contributed by atoms with E-state index in [1.807, 2.05) is 30.3 Å². The van der Waals surface area contributed by atoms with Gasteiger partial charge in [0, 0.05) is 22.4 Å². The molecule has 1 aliphatic heterocycles. The van der Waals surface area contributed by atoms with E-state index in [0.717, 1.165) is 36.8 Å². The fourth-order valence-electron chi connectivity index (χ4n) is 4.57. The first kappa shape index (κ1) is 15.7. The van der Waals surface area contributed by atoms with E-state index in [1.54, 1.807) is 0 Å². The maximum absolute atomic E-state index is 12.5. The predicted octanol–water partition coefficient (Wildman–Crippen LogP) is 5.20. The highest BCUT2D eigenvalue weighted by Gasteiger charge is 2.50. The number of hydrogen-bond donors (Lipinski definition) is 0. The molecule has 1 saturated heterocycles. The Hall–Kier alpha value is -1.80. The summed E-state index contributed by atoms with van der Waals surface area (Å²) in [6.45, 7) is 8.55. The molecule has 0 aromatic heterocycles. The molecule has 3 heteroatoms.